The first-order chi connectivity index (χ1) is 12.2. The first-order valence-corrected chi connectivity index (χ1v) is 10.2. The minimum Gasteiger partial charge on any atom is -0.506 e. The van der Waals surface area contributed by atoms with Crippen LogP contribution in [0.25, 0.3) is 0 Å². The highest BCUT2D eigenvalue weighted by Gasteiger charge is 2.03. The van der Waals surface area contributed by atoms with Gasteiger partial charge in [0.25, 0.3) is 0 Å². The van der Waals surface area contributed by atoms with Crippen molar-refractivity contribution in [3.63, 3.8) is 0 Å². The molecule has 25 heavy (non-hydrogen) atoms. The normalized spacial score (nSPS) is 10.8. The lowest BCUT2D eigenvalue weighted by Crippen LogP contribution is -2.11. The van der Waals surface area contributed by atoms with E-state index < -0.39 is 0 Å². The largest absolute Gasteiger partial charge is 0.506 e. The predicted octanol–water partition coefficient (Wildman–Crippen LogP) is 6.21. The summed E-state index contributed by atoms with van der Waals surface area (Å²) in [6.45, 7) is 2.26. The second-order valence-electron chi connectivity index (χ2n) is 6.94. The fourth-order valence-electron chi connectivity index (χ4n) is 2.97. The molecular formula is C21H36N2O2. The van der Waals surface area contributed by atoms with E-state index in [1.165, 1.54) is 82.9 Å². The molecule has 0 radical (unpaired) electrons. The quantitative estimate of drug-likeness (QED) is 0.370. The fourth-order valence-corrected chi connectivity index (χ4v) is 2.97. The number of anilines is 1. The van der Waals surface area contributed by atoms with E-state index in [9.17, 15) is 4.79 Å². The van der Waals surface area contributed by atoms with Crippen molar-refractivity contribution in [3.8, 4) is 5.75 Å². The maximum absolute atomic E-state index is 11.8. The van der Waals surface area contributed by atoms with E-state index in [4.69, 9.17) is 5.11 Å². The summed E-state index contributed by atoms with van der Waals surface area (Å²) in [5.74, 6) is 0.605. The number of hydrogen-bond acceptors (Lipinski definition) is 3. The topological polar surface area (TPSA) is 62.2 Å². The van der Waals surface area contributed by atoms with Gasteiger partial charge in [0.15, 0.2) is 0 Å². The van der Waals surface area contributed by atoms with Crippen LogP contribution in [0.5, 0.6) is 5.75 Å². The van der Waals surface area contributed by atoms with Crippen LogP contribution in [0.3, 0.4) is 0 Å². The zero-order valence-electron chi connectivity index (χ0n) is 15.9. The van der Waals surface area contributed by atoms with Gasteiger partial charge in [-0.05, 0) is 18.6 Å². The van der Waals surface area contributed by atoms with Crippen LogP contribution in [0, 0.1) is 0 Å². The Kier molecular flexibility index (Phi) is 12.7. The molecule has 0 aliphatic heterocycles. The number of rotatable bonds is 15. The highest BCUT2D eigenvalue weighted by Crippen LogP contribution is 2.14. The molecule has 4 heteroatoms. The van der Waals surface area contributed by atoms with Crippen LogP contribution >= 0.6 is 0 Å². The number of aromatic nitrogens is 1. The third-order valence-electron chi connectivity index (χ3n) is 4.52. The monoisotopic (exact) mass is 348 g/mol. The maximum Gasteiger partial charge on any atom is 0.225 e. The van der Waals surface area contributed by atoms with E-state index in [0.29, 0.717) is 12.2 Å². The summed E-state index contributed by atoms with van der Waals surface area (Å²) in [6, 6.07) is 3.13. The second-order valence-corrected chi connectivity index (χ2v) is 6.94. The minimum absolute atomic E-state index is 0.00117. The summed E-state index contributed by atoms with van der Waals surface area (Å²) >= 11 is 0. The van der Waals surface area contributed by atoms with Crippen molar-refractivity contribution in [2.75, 3.05) is 5.32 Å². The highest BCUT2D eigenvalue weighted by molar-refractivity contribution is 5.89. The fraction of sp³-hybridized carbons (Fsp3) is 0.714. The Bertz CT molecular complexity index is 446. The van der Waals surface area contributed by atoms with Gasteiger partial charge in [0, 0.05) is 6.42 Å². The lowest BCUT2D eigenvalue weighted by Gasteiger charge is -2.05. The van der Waals surface area contributed by atoms with Gasteiger partial charge in [0.1, 0.15) is 11.6 Å². The van der Waals surface area contributed by atoms with E-state index in [2.05, 4.69) is 17.2 Å². The van der Waals surface area contributed by atoms with E-state index in [0.717, 1.165) is 12.8 Å². The summed E-state index contributed by atoms with van der Waals surface area (Å²) in [5.41, 5.74) is 0. The Morgan fingerprint density at radius 3 is 1.88 bits per heavy atom. The number of pyridine rings is 1. The molecule has 0 fully saturated rings. The number of nitrogens with zero attached hydrogens (tertiary/aromatic N) is 1. The molecule has 1 aromatic heterocycles. The first-order valence-electron chi connectivity index (χ1n) is 10.2. The molecule has 0 atom stereocenters. The smallest absolute Gasteiger partial charge is 0.225 e. The summed E-state index contributed by atoms with van der Waals surface area (Å²) < 4.78 is 0. The molecule has 0 aromatic carbocycles. The van der Waals surface area contributed by atoms with Gasteiger partial charge in [-0.15, -0.1) is 0 Å². The van der Waals surface area contributed by atoms with E-state index in [1.807, 2.05) is 0 Å². The highest BCUT2D eigenvalue weighted by atomic mass is 16.3. The molecule has 0 aliphatic rings. The van der Waals surface area contributed by atoms with Crippen LogP contribution in [-0.4, -0.2) is 16.0 Å². The van der Waals surface area contributed by atoms with Crippen LogP contribution < -0.4 is 5.32 Å². The van der Waals surface area contributed by atoms with E-state index in [1.54, 1.807) is 6.07 Å². The molecular weight excluding hydrogens is 312 g/mol. The SMILES string of the molecule is CCCCCCCCCCCCCCCC(=O)Nc1ccc(O)cn1. The zero-order chi connectivity index (χ0) is 18.2. The molecule has 1 amide bonds. The minimum atomic E-state index is 0.00117. The molecule has 1 aromatic rings. The van der Waals surface area contributed by atoms with Crippen LogP contribution in [-0.2, 0) is 4.79 Å². The van der Waals surface area contributed by atoms with Gasteiger partial charge in [-0.1, -0.05) is 84.0 Å². The van der Waals surface area contributed by atoms with Crippen molar-refractivity contribution in [1.82, 2.24) is 4.98 Å². The summed E-state index contributed by atoms with van der Waals surface area (Å²) in [5, 5.41) is 11.9. The predicted molar refractivity (Wildman–Crippen MR) is 105 cm³/mol. The van der Waals surface area contributed by atoms with Crippen molar-refractivity contribution >= 4 is 11.7 Å². The van der Waals surface area contributed by atoms with Crippen molar-refractivity contribution in [2.45, 2.75) is 96.8 Å². The lowest BCUT2D eigenvalue weighted by molar-refractivity contribution is -0.116. The van der Waals surface area contributed by atoms with Crippen molar-refractivity contribution in [2.24, 2.45) is 0 Å². The molecule has 2 N–H and O–H groups in total. The van der Waals surface area contributed by atoms with E-state index >= 15 is 0 Å². The third-order valence-corrected chi connectivity index (χ3v) is 4.52. The lowest BCUT2D eigenvalue weighted by atomic mass is 10.0. The molecule has 0 bridgehead atoms. The standard InChI is InChI=1S/C21H36N2O2/c1-2-3-4-5-6-7-8-9-10-11-12-13-14-15-21(25)23-20-17-16-19(24)18-22-20/h16-18,24H,2-15H2,1H3,(H,22,23,25). The number of hydrogen-bond donors (Lipinski definition) is 2. The van der Waals surface area contributed by atoms with Crippen molar-refractivity contribution in [1.29, 1.82) is 0 Å². The van der Waals surface area contributed by atoms with Crippen molar-refractivity contribution in [3.05, 3.63) is 18.3 Å². The van der Waals surface area contributed by atoms with Gasteiger partial charge >= 0.3 is 0 Å². The Labute approximate surface area is 153 Å². The van der Waals surface area contributed by atoms with Gasteiger partial charge in [-0.2, -0.15) is 0 Å². The molecule has 1 rings (SSSR count). The zero-order valence-corrected chi connectivity index (χ0v) is 15.9. The second kappa shape index (κ2) is 14.7. The Balaban J connectivity index is 1.85. The van der Waals surface area contributed by atoms with Gasteiger partial charge in [0.2, 0.25) is 5.91 Å². The Morgan fingerprint density at radius 1 is 0.880 bits per heavy atom. The van der Waals surface area contributed by atoms with Crippen LogP contribution in [0.4, 0.5) is 5.82 Å². The molecule has 0 unspecified atom stereocenters. The molecule has 0 saturated heterocycles. The molecule has 142 valence electrons. The summed E-state index contributed by atoms with van der Waals surface area (Å²) in [4.78, 5) is 15.7. The molecule has 0 saturated carbocycles. The number of carbonyl (C=O) groups excluding carboxylic acids is 1. The molecule has 4 nitrogen and oxygen atoms in total. The number of nitrogens with one attached hydrogen (secondary N) is 1. The average Bonchev–Trinajstić information content (AvgIpc) is 2.61. The summed E-state index contributed by atoms with van der Waals surface area (Å²) in [6.07, 6.45) is 18.9. The Hall–Kier alpha value is -1.58. The van der Waals surface area contributed by atoms with Gasteiger partial charge in [-0.3, -0.25) is 4.79 Å². The molecule has 1 heterocycles. The number of aromatic hydroxyl groups is 1. The van der Waals surface area contributed by atoms with Crippen LogP contribution in [0.15, 0.2) is 18.3 Å². The Morgan fingerprint density at radius 2 is 1.40 bits per heavy atom. The molecule has 0 spiro atoms. The van der Waals surface area contributed by atoms with E-state index in [-0.39, 0.29) is 11.7 Å². The summed E-state index contributed by atoms with van der Waals surface area (Å²) in [7, 11) is 0. The van der Waals surface area contributed by atoms with Crippen LogP contribution in [0.2, 0.25) is 0 Å². The number of unbranched alkanes of at least 4 members (excludes halogenated alkanes) is 12. The average molecular weight is 349 g/mol. The van der Waals surface area contributed by atoms with Gasteiger partial charge in [-0.25, -0.2) is 4.98 Å². The number of amides is 1. The third kappa shape index (κ3) is 12.4. The molecule has 0 aliphatic carbocycles. The maximum atomic E-state index is 11.8. The van der Waals surface area contributed by atoms with Gasteiger partial charge in [0.05, 0.1) is 6.20 Å². The van der Waals surface area contributed by atoms with Crippen molar-refractivity contribution < 1.29 is 9.90 Å². The van der Waals surface area contributed by atoms with Gasteiger partial charge < -0.3 is 10.4 Å². The number of carbonyl (C=O) groups is 1. The van der Waals surface area contributed by atoms with Crippen LogP contribution in [0.1, 0.15) is 96.8 Å². The first kappa shape index (κ1) is 21.5.